The summed E-state index contributed by atoms with van der Waals surface area (Å²) in [6, 6.07) is -0.597. The van der Waals surface area contributed by atoms with Gasteiger partial charge in [0.25, 0.3) is 5.91 Å². The number of amides is 2. The molecule has 0 saturated carbocycles. The second-order valence-electron chi connectivity index (χ2n) is 3.44. The van der Waals surface area contributed by atoms with Crippen LogP contribution < -0.4 is 5.32 Å². The van der Waals surface area contributed by atoms with Gasteiger partial charge in [-0.1, -0.05) is 0 Å². The molecule has 5 heteroatoms. The van der Waals surface area contributed by atoms with Crippen LogP contribution in [0.5, 0.6) is 0 Å². The van der Waals surface area contributed by atoms with Gasteiger partial charge in [-0.2, -0.15) is 0 Å². The van der Waals surface area contributed by atoms with Crippen molar-refractivity contribution in [3.05, 3.63) is 0 Å². The van der Waals surface area contributed by atoms with E-state index < -0.39 is 17.5 Å². The van der Waals surface area contributed by atoms with Crippen molar-refractivity contribution >= 4 is 11.8 Å². The van der Waals surface area contributed by atoms with Gasteiger partial charge in [-0.05, 0) is 13.8 Å². The van der Waals surface area contributed by atoms with Crippen molar-refractivity contribution in [3.8, 4) is 0 Å². The molecule has 2 N–H and O–H groups in total. The van der Waals surface area contributed by atoms with Crippen LogP contribution in [0, 0.1) is 0 Å². The van der Waals surface area contributed by atoms with Crippen LogP contribution in [-0.2, 0) is 9.59 Å². The van der Waals surface area contributed by atoms with E-state index in [1.807, 2.05) is 0 Å². The van der Waals surface area contributed by atoms with Gasteiger partial charge in [0.1, 0.15) is 6.04 Å². The summed E-state index contributed by atoms with van der Waals surface area (Å²) in [4.78, 5) is 21.6. The largest absolute Gasteiger partial charge is 0.342 e. The number of nitrogens with zero attached hydrogens (tertiary/aromatic N) is 1. The van der Waals surface area contributed by atoms with Crippen molar-refractivity contribution in [2.24, 2.45) is 0 Å². The molecule has 1 rings (SSSR count). The van der Waals surface area contributed by atoms with Crippen molar-refractivity contribution in [2.45, 2.75) is 32.4 Å². The van der Waals surface area contributed by atoms with Gasteiger partial charge in [-0.3, -0.25) is 14.8 Å². The molecule has 1 atom stereocenters. The predicted molar refractivity (Wildman–Crippen MR) is 40.3 cm³/mol. The normalized spacial score (nSPS) is 26.5. The zero-order valence-electron chi connectivity index (χ0n) is 7.29. The number of hydrogen-bond acceptors (Lipinski definition) is 3. The zero-order chi connectivity index (χ0) is 9.52. The fourth-order valence-electron chi connectivity index (χ4n) is 1.21. The molecule has 12 heavy (non-hydrogen) atoms. The molecule has 1 aliphatic rings. The lowest BCUT2D eigenvalue weighted by Crippen LogP contribution is -2.75. The third-order valence-electron chi connectivity index (χ3n) is 2.06. The van der Waals surface area contributed by atoms with E-state index in [9.17, 15) is 9.59 Å². The minimum atomic E-state index is -0.692. The zero-order valence-corrected chi connectivity index (χ0v) is 7.29. The second-order valence-corrected chi connectivity index (χ2v) is 3.44. The van der Waals surface area contributed by atoms with Gasteiger partial charge in [0.05, 0.1) is 5.54 Å². The number of β-lactam (4-membered cyclic amide) rings is 1. The fourth-order valence-corrected chi connectivity index (χ4v) is 1.21. The van der Waals surface area contributed by atoms with Crippen LogP contribution >= 0.6 is 0 Å². The van der Waals surface area contributed by atoms with Crippen molar-refractivity contribution in [3.63, 3.8) is 0 Å². The van der Waals surface area contributed by atoms with Crippen LogP contribution in [0.25, 0.3) is 0 Å². The third-order valence-corrected chi connectivity index (χ3v) is 2.06. The van der Waals surface area contributed by atoms with Crippen LogP contribution in [-0.4, -0.2) is 33.7 Å². The first-order chi connectivity index (χ1) is 5.37. The number of nitrogens with one attached hydrogen (secondary N) is 1. The van der Waals surface area contributed by atoms with Crippen molar-refractivity contribution in [1.82, 2.24) is 10.4 Å². The lowest BCUT2D eigenvalue weighted by molar-refractivity contribution is -0.231. The van der Waals surface area contributed by atoms with Gasteiger partial charge in [0, 0.05) is 6.92 Å². The highest BCUT2D eigenvalue weighted by atomic mass is 16.5. The summed E-state index contributed by atoms with van der Waals surface area (Å²) in [6.45, 7) is 4.69. The second kappa shape index (κ2) is 2.45. The van der Waals surface area contributed by atoms with Gasteiger partial charge in [-0.25, -0.2) is 5.06 Å². The average molecular weight is 172 g/mol. The quantitative estimate of drug-likeness (QED) is 0.414. The smallest absolute Gasteiger partial charge is 0.271 e. The number of hydrogen-bond donors (Lipinski definition) is 2. The van der Waals surface area contributed by atoms with Crippen LogP contribution in [0.2, 0.25) is 0 Å². The van der Waals surface area contributed by atoms with Gasteiger partial charge in [0.2, 0.25) is 5.91 Å². The highest BCUT2D eigenvalue weighted by molar-refractivity contribution is 5.93. The summed E-state index contributed by atoms with van der Waals surface area (Å²) >= 11 is 0. The SMILES string of the molecule is CC(=O)NC1C(=O)N(O)C1(C)C. The minimum Gasteiger partial charge on any atom is -0.342 e. The topological polar surface area (TPSA) is 69.6 Å². The van der Waals surface area contributed by atoms with Gasteiger partial charge >= 0.3 is 0 Å². The molecule has 1 fully saturated rings. The summed E-state index contributed by atoms with van der Waals surface area (Å²) in [7, 11) is 0. The Hall–Kier alpha value is -1.10. The molecule has 0 bridgehead atoms. The van der Waals surface area contributed by atoms with E-state index >= 15 is 0 Å². The monoisotopic (exact) mass is 172 g/mol. The van der Waals surface area contributed by atoms with E-state index in [0.717, 1.165) is 0 Å². The van der Waals surface area contributed by atoms with Crippen LogP contribution in [0.1, 0.15) is 20.8 Å². The molecule has 1 unspecified atom stereocenters. The molecule has 2 amide bonds. The number of hydroxylamine groups is 2. The Bertz CT molecular complexity index is 237. The first kappa shape index (κ1) is 8.99. The summed E-state index contributed by atoms with van der Waals surface area (Å²) in [6.07, 6.45) is 0. The van der Waals surface area contributed by atoms with E-state index in [1.165, 1.54) is 6.92 Å². The highest BCUT2D eigenvalue weighted by Gasteiger charge is 2.54. The van der Waals surface area contributed by atoms with E-state index in [1.54, 1.807) is 13.8 Å². The summed E-state index contributed by atoms with van der Waals surface area (Å²) in [5.41, 5.74) is -0.692. The fraction of sp³-hybridized carbons (Fsp3) is 0.714. The molecule has 1 heterocycles. The van der Waals surface area contributed by atoms with E-state index in [2.05, 4.69) is 5.32 Å². The van der Waals surface area contributed by atoms with E-state index in [-0.39, 0.29) is 5.91 Å². The van der Waals surface area contributed by atoms with Crippen molar-refractivity contribution in [2.75, 3.05) is 0 Å². The van der Waals surface area contributed by atoms with E-state index in [0.29, 0.717) is 5.06 Å². The average Bonchev–Trinajstić information content (AvgIpc) is 1.98. The molecule has 0 aliphatic carbocycles. The molecule has 5 nitrogen and oxygen atoms in total. The molecule has 1 saturated heterocycles. The van der Waals surface area contributed by atoms with Crippen molar-refractivity contribution < 1.29 is 14.8 Å². The first-order valence-electron chi connectivity index (χ1n) is 3.67. The Kier molecular flexibility index (Phi) is 1.83. The molecule has 0 aromatic heterocycles. The minimum absolute atomic E-state index is 0.269. The maximum atomic E-state index is 11.0. The van der Waals surface area contributed by atoms with Gasteiger partial charge < -0.3 is 5.32 Å². The van der Waals surface area contributed by atoms with Crippen LogP contribution in [0.4, 0.5) is 0 Å². The molecule has 0 aromatic carbocycles. The van der Waals surface area contributed by atoms with Gasteiger partial charge in [-0.15, -0.1) is 0 Å². The predicted octanol–water partition coefficient (Wildman–Crippen LogP) is -0.499. The number of carbonyl (C=O) groups excluding carboxylic acids is 2. The van der Waals surface area contributed by atoms with Crippen molar-refractivity contribution in [1.29, 1.82) is 0 Å². The Labute approximate surface area is 70.3 Å². The van der Waals surface area contributed by atoms with E-state index in [4.69, 9.17) is 5.21 Å². The summed E-state index contributed by atoms with van der Waals surface area (Å²) < 4.78 is 0. The Morgan fingerprint density at radius 2 is 2.17 bits per heavy atom. The number of rotatable bonds is 1. The Morgan fingerprint density at radius 3 is 2.50 bits per heavy atom. The summed E-state index contributed by atoms with van der Waals surface area (Å²) in [5, 5.41) is 12.2. The Morgan fingerprint density at radius 1 is 1.67 bits per heavy atom. The molecular weight excluding hydrogens is 160 g/mol. The van der Waals surface area contributed by atoms with Crippen LogP contribution in [0.3, 0.4) is 0 Å². The summed E-state index contributed by atoms with van der Waals surface area (Å²) in [5.74, 6) is -0.732. The maximum Gasteiger partial charge on any atom is 0.271 e. The molecule has 0 aromatic rings. The molecular formula is C7H12N2O3. The Balaban J connectivity index is 2.68. The van der Waals surface area contributed by atoms with Crippen LogP contribution in [0.15, 0.2) is 0 Å². The number of carbonyl (C=O) groups is 2. The van der Waals surface area contributed by atoms with Gasteiger partial charge in [0.15, 0.2) is 0 Å². The molecule has 0 spiro atoms. The lowest BCUT2D eigenvalue weighted by atomic mass is 9.84. The third kappa shape index (κ3) is 1.06. The highest BCUT2D eigenvalue weighted by Crippen LogP contribution is 2.28. The first-order valence-corrected chi connectivity index (χ1v) is 3.67. The standard InChI is InChI=1S/C7H12N2O3/c1-4(10)8-5-6(11)9(12)7(5,2)3/h5,12H,1-3H3,(H,8,10). The molecule has 0 radical (unpaired) electrons. The maximum absolute atomic E-state index is 11.0. The lowest BCUT2D eigenvalue weighted by Gasteiger charge is -2.49. The molecule has 1 aliphatic heterocycles. The molecule has 68 valence electrons.